The Labute approximate surface area is 86.4 Å². The van der Waals surface area contributed by atoms with Crippen LogP contribution in [0, 0.1) is 6.92 Å². The molecule has 2 rings (SSSR count). The van der Waals surface area contributed by atoms with Crippen LogP contribution in [-0.2, 0) is 0 Å². The number of nitrogens with zero attached hydrogens (tertiary/aromatic N) is 2. The molecular weight excluding hydrogens is 256 g/mol. The molecule has 0 aromatic carbocycles. The van der Waals surface area contributed by atoms with Crippen LogP contribution in [0.5, 0.6) is 0 Å². The highest BCUT2D eigenvalue weighted by Gasteiger charge is 2.07. The third-order valence-electron chi connectivity index (χ3n) is 1.49. The molecule has 0 saturated carbocycles. The van der Waals surface area contributed by atoms with Crippen molar-refractivity contribution in [1.82, 2.24) is 10.2 Å². The molecule has 62 valence electrons. The first-order chi connectivity index (χ1) is 5.77. The Bertz CT molecular complexity index is 394. The van der Waals surface area contributed by atoms with Crippen molar-refractivity contribution in [3.8, 4) is 10.6 Å². The van der Waals surface area contributed by atoms with E-state index < -0.39 is 0 Å². The van der Waals surface area contributed by atoms with Crippen LogP contribution in [0.25, 0.3) is 10.6 Å². The second-order valence-electron chi connectivity index (χ2n) is 2.33. The lowest BCUT2D eigenvalue weighted by molar-refractivity contribution is 1.07. The van der Waals surface area contributed by atoms with E-state index in [-0.39, 0.29) is 0 Å². The van der Waals surface area contributed by atoms with E-state index in [0.717, 1.165) is 8.92 Å². The van der Waals surface area contributed by atoms with Gasteiger partial charge < -0.3 is 0 Å². The van der Waals surface area contributed by atoms with Gasteiger partial charge in [-0.15, -0.1) is 10.2 Å². The standard InChI is InChI=1S/C7H5BrN2S2/c1-4-2-11-3-5(4)6-9-10-7(8)12-6/h2-3H,1H3. The van der Waals surface area contributed by atoms with Gasteiger partial charge in [-0.25, -0.2) is 0 Å². The number of halogens is 1. The molecule has 0 aliphatic carbocycles. The van der Waals surface area contributed by atoms with E-state index in [1.165, 1.54) is 11.1 Å². The topological polar surface area (TPSA) is 25.8 Å². The van der Waals surface area contributed by atoms with Crippen molar-refractivity contribution in [3.63, 3.8) is 0 Å². The number of rotatable bonds is 1. The van der Waals surface area contributed by atoms with Gasteiger partial charge >= 0.3 is 0 Å². The van der Waals surface area contributed by atoms with Gasteiger partial charge in [0, 0.05) is 10.9 Å². The summed E-state index contributed by atoms with van der Waals surface area (Å²) in [5.74, 6) is 0. The Morgan fingerprint density at radius 2 is 2.17 bits per heavy atom. The molecule has 0 aliphatic heterocycles. The van der Waals surface area contributed by atoms with Gasteiger partial charge in [-0.2, -0.15) is 11.3 Å². The lowest BCUT2D eigenvalue weighted by atomic mass is 10.2. The quantitative estimate of drug-likeness (QED) is 0.786. The zero-order valence-corrected chi connectivity index (χ0v) is 9.46. The summed E-state index contributed by atoms with van der Waals surface area (Å²) in [6.07, 6.45) is 0. The molecule has 2 aromatic rings. The van der Waals surface area contributed by atoms with Crippen LogP contribution in [0.4, 0.5) is 0 Å². The minimum atomic E-state index is 0.836. The highest BCUT2D eigenvalue weighted by atomic mass is 79.9. The van der Waals surface area contributed by atoms with E-state index in [1.54, 1.807) is 22.7 Å². The predicted octanol–water partition coefficient (Wildman–Crippen LogP) is 3.34. The first kappa shape index (κ1) is 8.34. The van der Waals surface area contributed by atoms with Crippen LogP contribution in [0.15, 0.2) is 14.7 Å². The molecule has 0 fully saturated rings. The fraction of sp³-hybridized carbons (Fsp3) is 0.143. The first-order valence-corrected chi connectivity index (χ1v) is 5.85. The Morgan fingerprint density at radius 1 is 1.33 bits per heavy atom. The third-order valence-corrected chi connectivity index (χ3v) is 3.74. The van der Waals surface area contributed by atoms with E-state index in [4.69, 9.17) is 0 Å². The van der Waals surface area contributed by atoms with Gasteiger partial charge in [0.2, 0.25) is 0 Å². The lowest BCUT2D eigenvalue weighted by Crippen LogP contribution is -1.74. The molecule has 0 bridgehead atoms. The molecule has 2 nitrogen and oxygen atoms in total. The number of thiophene rings is 1. The number of hydrogen-bond donors (Lipinski definition) is 0. The first-order valence-electron chi connectivity index (χ1n) is 3.29. The molecule has 0 radical (unpaired) electrons. The lowest BCUT2D eigenvalue weighted by Gasteiger charge is -1.89. The molecule has 0 saturated heterocycles. The molecule has 0 spiro atoms. The van der Waals surface area contributed by atoms with Gasteiger partial charge in [0.05, 0.1) is 0 Å². The Kier molecular flexibility index (Phi) is 2.25. The van der Waals surface area contributed by atoms with Crippen molar-refractivity contribution >= 4 is 38.6 Å². The summed E-state index contributed by atoms with van der Waals surface area (Å²) in [5.41, 5.74) is 2.46. The van der Waals surface area contributed by atoms with Gasteiger partial charge in [-0.05, 0) is 33.8 Å². The molecule has 0 unspecified atom stereocenters. The third kappa shape index (κ3) is 1.44. The van der Waals surface area contributed by atoms with E-state index >= 15 is 0 Å². The Hall–Kier alpha value is -0.260. The maximum atomic E-state index is 4.05. The van der Waals surface area contributed by atoms with Crippen LogP contribution in [0.1, 0.15) is 5.56 Å². The minimum Gasteiger partial charge on any atom is -0.151 e. The normalized spacial score (nSPS) is 10.5. The van der Waals surface area contributed by atoms with E-state index in [9.17, 15) is 0 Å². The van der Waals surface area contributed by atoms with Crippen LogP contribution in [0.3, 0.4) is 0 Å². The van der Waals surface area contributed by atoms with Gasteiger partial charge in [0.15, 0.2) is 3.92 Å². The molecule has 0 aliphatic rings. The number of aromatic nitrogens is 2. The maximum Gasteiger partial charge on any atom is 0.183 e. The monoisotopic (exact) mass is 260 g/mol. The zero-order valence-electron chi connectivity index (χ0n) is 6.24. The molecule has 0 atom stereocenters. The van der Waals surface area contributed by atoms with Crippen LogP contribution >= 0.6 is 38.6 Å². The van der Waals surface area contributed by atoms with Crippen LogP contribution in [-0.4, -0.2) is 10.2 Å². The van der Waals surface area contributed by atoms with Crippen molar-refractivity contribution in [3.05, 3.63) is 20.2 Å². The summed E-state index contributed by atoms with van der Waals surface area (Å²) in [6.45, 7) is 2.08. The fourth-order valence-corrected chi connectivity index (χ4v) is 2.99. The van der Waals surface area contributed by atoms with Crippen molar-refractivity contribution in [2.45, 2.75) is 6.92 Å². The molecule has 5 heteroatoms. The second kappa shape index (κ2) is 3.24. The van der Waals surface area contributed by atoms with Gasteiger partial charge in [-0.1, -0.05) is 11.3 Å². The molecule has 2 heterocycles. The van der Waals surface area contributed by atoms with Crippen molar-refractivity contribution in [2.75, 3.05) is 0 Å². The van der Waals surface area contributed by atoms with Crippen LogP contribution in [0.2, 0.25) is 0 Å². The molecule has 0 amide bonds. The maximum absolute atomic E-state index is 4.05. The van der Waals surface area contributed by atoms with Gasteiger partial charge in [0.25, 0.3) is 0 Å². The SMILES string of the molecule is Cc1cscc1-c1nnc(Br)s1. The average Bonchev–Trinajstić information content (AvgIpc) is 2.58. The zero-order chi connectivity index (χ0) is 8.55. The van der Waals surface area contributed by atoms with E-state index in [0.29, 0.717) is 0 Å². The molecule has 0 N–H and O–H groups in total. The van der Waals surface area contributed by atoms with E-state index in [1.807, 2.05) is 0 Å². The summed E-state index contributed by atoms with van der Waals surface area (Å²) < 4.78 is 0.836. The second-order valence-corrected chi connectivity index (χ2v) is 5.33. The van der Waals surface area contributed by atoms with Gasteiger partial charge in [0.1, 0.15) is 5.01 Å². The largest absolute Gasteiger partial charge is 0.183 e. The van der Waals surface area contributed by atoms with Crippen molar-refractivity contribution in [1.29, 1.82) is 0 Å². The van der Waals surface area contributed by atoms with E-state index in [2.05, 4.69) is 43.8 Å². The van der Waals surface area contributed by atoms with Gasteiger partial charge in [-0.3, -0.25) is 0 Å². The minimum absolute atomic E-state index is 0.836. The number of aryl methyl sites for hydroxylation is 1. The highest BCUT2D eigenvalue weighted by molar-refractivity contribution is 9.11. The molecule has 12 heavy (non-hydrogen) atoms. The smallest absolute Gasteiger partial charge is 0.151 e. The van der Waals surface area contributed by atoms with Crippen molar-refractivity contribution in [2.24, 2.45) is 0 Å². The predicted molar refractivity (Wildman–Crippen MR) is 55.7 cm³/mol. The Morgan fingerprint density at radius 3 is 2.67 bits per heavy atom. The Balaban J connectivity index is 2.50. The summed E-state index contributed by atoms with van der Waals surface area (Å²) in [6, 6.07) is 0. The summed E-state index contributed by atoms with van der Waals surface area (Å²) in [5, 5.41) is 13.2. The molecular formula is C7H5BrN2S2. The molecule has 2 aromatic heterocycles. The summed E-state index contributed by atoms with van der Waals surface area (Å²) >= 11 is 6.55. The number of hydrogen-bond acceptors (Lipinski definition) is 4. The van der Waals surface area contributed by atoms with Crippen molar-refractivity contribution < 1.29 is 0 Å². The average molecular weight is 261 g/mol. The summed E-state index contributed by atoms with van der Waals surface area (Å²) in [7, 11) is 0. The fourth-order valence-electron chi connectivity index (χ4n) is 0.894. The highest BCUT2D eigenvalue weighted by Crippen LogP contribution is 2.30. The summed E-state index contributed by atoms with van der Waals surface area (Å²) in [4.78, 5) is 0. The van der Waals surface area contributed by atoms with Crippen LogP contribution < -0.4 is 0 Å².